The standard InChI is InChI=1S/C12H25N/c1-3-11-9-7-5-6-8-10-12(11)13-4-2/h11-13H,3-10H2,1-2H3. The molecule has 0 amide bonds. The average Bonchev–Trinajstić information content (AvgIpc) is 2.10. The van der Waals surface area contributed by atoms with Crippen LogP contribution in [0.4, 0.5) is 0 Å². The highest BCUT2D eigenvalue weighted by Crippen LogP contribution is 2.24. The predicted molar refractivity (Wildman–Crippen MR) is 58.9 cm³/mol. The van der Waals surface area contributed by atoms with Gasteiger partial charge in [-0.25, -0.2) is 0 Å². The molecule has 0 spiro atoms. The predicted octanol–water partition coefficient (Wildman–Crippen LogP) is 3.34. The number of nitrogens with one attached hydrogen (secondary N) is 1. The fraction of sp³-hybridized carbons (Fsp3) is 1.00. The van der Waals surface area contributed by atoms with Gasteiger partial charge >= 0.3 is 0 Å². The van der Waals surface area contributed by atoms with Crippen LogP contribution in [-0.4, -0.2) is 12.6 Å². The van der Waals surface area contributed by atoms with Gasteiger partial charge in [-0.2, -0.15) is 0 Å². The maximum absolute atomic E-state index is 3.65. The molecule has 0 aliphatic heterocycles. The first-order valence-corrected chi connectivity index (χ1v) is 6.11. The van der Waals surface area contributed by atoms with Crippen LogP contribution in [0.3, 0.4) is 0 Å². The molecule has 0 heterocycles. The summed E-state index contributed by atoms with van der Waals surface area (Å²) in [4.78, 5) is 0. The summed E-state index contributed by atoms with van der Waals surface area (Å²) >= 11 is 0. The van der Waals surface area contributed by atoms with Crippen molar-refractivity contribution in [1.82, 2.24) is 5.32 Å². The van der Waals surface area contributed by atoms with E-state index < -0.39 is 0 Å². The molecule has 1 N–H and O–H groups in total. The molecule has 13 heavy (non-hydrogen) atoms. The maximum Gasteiger partial charge on any atom is 0.00951 e. The summed E-state index contributed by atoms with van der Waals surface area (Å²) in [6.07, 6.45) is 10.0. The zero-order valence-corrected chi connectivity index (χ0v) is 9.31. The molecule has 2 atom stereocenters. The summed E-state index contributed by atoms with van der Waals surface area (Å²) < 4.78 is 0. The zero-order chi connectivity index (χ0) is 9.52. The molecule has 1 nitrogen and oxygen atoms in total. The Morgan fingerprint density at radius 2 is 1.69 bits per heavy atom. The highest BCUT2D eigenvalue weighted by molar-refractivity contribution is 4.77. The second kappa shape index (κ2) is 6.42. The molecule has 0 aromatic heterocycles. The van der Waals surface area contributed by atoms with E-state index in [1.54, 1.807) is 0 Å². The van der Waals surface area contributed by atoms with E-state index in [-0.39, 0.29) is 0 Å². The first kappa shape index (κ1) is 11.0. The van der Waals surface area contributed by atoms with Crippen LogP contribution >= 0.6 is 0 Å². The van der Waals surface area contributed by atoms with Crippen LogP contribution in [0.25, 0.3) is 0 Å². The summed E-state index contributed by atoms with van der Waals surface area (Å²) in [7, 11) is 0. The van der Waals surface area contributed by atoms with Crippen LogP contribution in [0, 0.1) is 5.92 Å². The summed E-state index contributed by atoms with van der Waals surface area (Å²) in [5, 5.41) is 3.65. The van der Waals surface area contributed by atoms with E-state index in [1.165, 1.54) is 44.9 Å². The van der Waals surface area contributed by atoms with E-state index in [4.69, 9.17) is 0 Å². The van der Waals surface area contributed by atoms with E-state index in [0.717, 1.165) is 18.5 Å². The van der Waals surface area contributed by atoms with Crippen molar-refractivity contribution in [2.45, 2.75) is 64.8 Å². The molecule has 0 aromatic carbocycles. The van der Waals surface area contributed by atoms with E-state index in [9.17, 15) is 0 Å². The lowest BCUT2D eigenvalue weighted by Gasteiger charge is -2.29. The number of hydrogen-bond acceptors (Lipinski definition) is 1. The molecule has 1 aliphatic rings. The maximum atomic E-state index is 3.65. The molecule has 1 saturated carbocycles. The van der Waals surface area contributed by atoms with Gasteiger partial charge in [0, 0.05) is 6.04 Å². The van der Waals surface area contributed by atoms with E-state index in [2.05, 4.69) is 19.2 Å². The van der Waals surface area contributed by atoms with Crippen molar-refractivity contribution in [2.24, 2.45) is 5.92 Å². The Morgan fingerprint density at radius 3 is 2.31 bits per heavy atom. The van der Waals surface area contributed by atoms with Crippen molar-refractivity contribution >= 4 is 0 Å². The topological polar surface area (TPSA) is 12.0 Å². The fourth-order valence-electron chi connectivity index (χ4n) is 2.58. The minimum absolute atomic E-state index is 0.815. The Morgan fingerprint density at radius 1 is 1.00 bits per heavy atom. The zero-order valence-electron chi connectivity index (χ0n) is 9.31. The molecule has 78 valence electrons. The molecule has 2 unspecified atom stereocenters. The fourth-order valence-corrected chi connectivity index (χ4v) is 2.58. The summed E-state index contributed by atoms with van der Waals surface area (Å²) in [6, 6.07) is 0.815. The van der Waals surface area contributed by atoms with Gasteiger partial charge in [-0.1, -0.05) is 46.0 Å². The van der Waals surface area contributed by atoms with Gasteiger partial charge in [0.2, 0.25) is 0 Å². The molecule has 0 aromatic rings. The minimum Gasteiger partial charge on any atom is -0.314 e. The summed E-state index contributed by atoms with van der Waals surface area (Å²) in [5.41, 5.74) is 0. The van der Waals surface area contributed by atoms with Gasteiger partial charge in [0.25, 0.3) is 0 Å². The van der Waals surface area contributed by atoms with Crippen LogP contribution < -0.4 is 5.32 Å². The molecule has 1 heteroatoms. The summed E-state index contributed by atoms with van der Waals surface area (Å²) in [6.45, 7) is 5.71. The molecule has 1 fully saturated rings. The Labute approximate surface area is 83.3 Å². The van der Waals surface area contributed by atoms with Gasteiger partial charge in [-0.05, 0) is 25.3 Å². The van der Waals surface area contributed by atoms with Gasteiger partial charge < -0.3 is 5.32 Å². The molecule has 0 radical (unpaired) electrons. The Kier molecular flexibility index (Phi) is 5.45. The summed E-state index contributed by atoms with van der Waals surface area (Å²) in [5.74, 6) is 0.945. The molecular weight excluding hydrogens is 158 g/mol. The SMILES string of the molecule is CCNC1CCCCCCC1CC. The lowest BCUT2D eigenvalue weighted by Crippen LogP contribution is -2.36. The van der Waals surface area contributed by atoms with E-state index in [1.807, 2.05) is 0 Å². The van der Waals surface area contributed by atoms with Crippen molar-refractivity contribution in [3.63, 3.8) is 0 Å². The van der Waals surface area contributed by atoms with Crippen LogP contribution in [0.15, 0.2) is 0 Å². The Balaban J connectivity index is 2.40. The van der Waals surface area contributed by atoms with Gasteiger partial charge in [0.15, 0.2) is 0 Å². The molecule has 1 rings (SSSR count). The van der Waals surface area contributed by atoms with Gasteiger partial charge in [0.1, 0.15) is 0 Å². The second-order valence-corrected chi connectivity index (χ2v) is 4.32. The second-order valence-electron chi connectivity index (χ2n) is 4.32. The monoisotopic (exact) mass is 183 g/mol. The molecule has 0 saturated heterocycles. The quantitative estimate of drug-likeness (QED) is 0.707. The Hall–Kier alpha value is -0.0400. The van der Waals surface area contributed by atoms with Crippen molar-refractivity contribution in [2.75, 3.05) is 6.54 Å². The van der Waals surface area contributed by atoms with Crippen LogP contribution in [-0.2, 0) is 0 Å². The molecule has 0 bridgehead atoms. The normalized spacial score (nSPS) is 30.9. The lowest BCUT2D eigenvalue weighted by molar-refractivity contribution is 0.281. The third-order valence-corrected chi connectivity index (χ3v) is 3.40. The highest BCUT2D eigenvalue weighted by atomic mass is 14.9. The van der Waals surface area contributed by atoms with E-state index >= 15 is 0 Å². The van der Waals surface area contributed by atoms with E-state index in [0.29, 0.717) is 0 Å². The van der Waals surface area contributed by atoms with Crippen molar-refractivity contribution in [3.8, 4) is 0 Å². The van der Waals surface area contributed by atoms with Gasteiger partial charge in [-0.3, -0.25) is 0 Å². The average molecular weight is 183 g/mol. The Bertz CT molecular complexity index is 122. The van der Waals surface area contributed by atoms with Gasteiger partial charge in [-0.15, -0.1) is 0 Å². The number of rotatable bonds is 3. The van der Waals surface area contributed by atoms with Crippen molar-refractivity contribution < 1.29 is 0 Å². The van der Waals surface area contributed by atoms with Crippen LogP contribution in [0.2, 0.25) is 0 Å². The van der Waals surface area contributed by atoms with Crippen LogP contribution in [0.1, 0.15) is 58.8 Å². The third-order valence-electron chi connectivity index (χ3n) is 3.40. The molecular formula is C12H25N. The number of hydrogen-bond donors (Lipinski definition) is 1. The molecule has 1 aliphatic carbocycles. The lowest BCUT2D eigenvalue weighted by atomic mass is 9.85. The minimum atomic E-state index is 0.815. The van der Waals surface area contributed by atoms with Crippen LogP contribution in [0.5, 0.6) is 0 Å². The highest BCUT2D eigenvalue weighted by Gasteiger charge is 2.19. The third kappa shape index (κ3) is 3.68. The van der Waals surface area contributed by atoms with Crippen molar-refractivity contribution in [1.29, 1.82) is 0 Å². The van der Waals surface area contributed by atoms with Gasteiger partial charge in [0.05, 0.1) is 0 Å². The smallest absolute Gasteiger partial charge is 0.00951 e. The largest absolute Gasteiger partial charge is 0.314 e. The van der Waals surface area contributed by atoms with Crippen molar-refractivity contribution in [3.05, 3.63) is 0 Å². The first-order valence-electron chi connectivity index (χ1n) is 6.11. The first-order chi connectivity index (χ1) is 6.38.